The molecule has 2 unspecified atom stereocenters. The van der Waals surface area contributed by atoms with Crippen LogP contribution in [0.1, 0.15) is 12.8 Å². The van der Waals surface area contributed by atoms with E-state index in [4.69, 9.17) is 0 Å². The topological polar surface area (TPSA) is 63.4 Å². The zero-order valence-corrected chi connectivity index (χ0v) is 10.5. The van der Waals surface area contributed by atoms with Gasteiger partial charge in [0.1, 0.15) is 0 Å². The quantitative estimate of drug-likeness (QED) is 0.315. The number of nitrogens with zero attached hydrogens (tertiary/aromatic N) is 1. The monoisotopic (exact) mass is 397 g/mol. The highest BCUT2D eigenvalue weighted by atomic mass is 127. The molecule has 70 valence electrons. The fourth-order valence-electron chi connectivity index (χ4n) is 1.29. The third kappa shape index (κ3) is 2.41. The van der Waals surface area contributed by atoms with Gasteiger partial charge in [-0.05, 0) is 0 Å². The lowest BCUT2D eigenvalue weighted by Gasteiger charge is -2.29. The SMILES string of the molecule is O=[N+]([O-])C1CC(I)C(O)C(I)C1. The minimum atomic E-state index is -0.461. The standard InChI is InChI=1S/C6H9I2NO3/c7-4-1-3(9(11)12)2-5(8)6(4)10/h3-6,10H,1-2H2. The van der Waals surface area contributed by atoms with Crippen LogP contribution < -0.4 is 0 Å². The Labute approximate surface area is 97.5 Å². The first-order valence-electron chi connectivity index (χ1n) is 3.62. The zero-order chi connectivity index (χ0) is 9.30. The van der Waals surface area contributed by atoms with E-state index < -0.39 is 6.04 Å². The first kappa shape index (κ1) is 10.9. The molecule has 0 aromatic carbocycles. The van der Waals surface area contributed by atoms with E-state index in [1.54, 1.807) is 0 Å². The summed E-state index contributed by atoms with van der Waals surface area (Å²) in [7, 11) is 0. The van der Waals surface area contributed by atoms with Crippen LogP contribution in [0.5, 0.6) is 0 Å². The highest BCUT2D eigenvalue weighted by Crippen LogP contribution is 2.31. The molecule has 1 fully saturated rings. The van der Waals surface area contributed by atoms with Gasteiger partial charge in [0.05, 0.1) is 6.10 Å². The Morgan fingerprint density at radius 1 is 1.33 bits per heavy atom. The van der Waals surface area contributed by atoms with Crippen molar-refractivity contribution in [3.8, 4) is 0 Å². The number of aliphatic hydroxyl groups is 1. The molecule has 0 aliphatic heterocycles. The predicted molar refractivity (Wildman–Crippen MR) is 61.6 cm³/mol. The van der Waals surface area contributed by atoms with Crippen LogP contribution in [0.15, 0.2) is 0 Å². The summed E-state index contributed by atoms with van der Waals surface area (Å²) >= 11 is 4.17. The molecule has 2 atom stereocenters. The molecule has 6 heteroatoms. The molecule has 12 heavy (non-hydrogen) atoms. The Hall–Kier alpha value is 0.820. The van der Waals surface area contributed by atoms with Gasteiger partial charge in [-0.15, -0.1) is 0 Å². The molecule has 1 N–H and O–H groups in total. The van der Waals surface area contributed by atoms with Gasteiger partial charge in [0, 0.05) is 25.6 Å². The average molecular weight is 397 g/mol. The van der Waals surface area contributed by atoms with E-state index in [1.165, 1.54) is 0 Å². The second-order valence-corrected chi connectivity index (χ2v) is 6.13. The van der Waals surface area contributed by atoms with Gasteiger partial charge in [0.25, 0.3) is 0 Å². The van der Waals surface area contributed by atoms with Crippen LogP contribution in [0.4, 0.5) is 0 Å². The van der Waals surface area contributed by atoms with Gasteiger partial charge < -0.3 is 5.11 Å². The zero-order valence-electron chi connectivity index (χ0n) is 6.19. The third-order valence-corrected chi connectivity index (χ3v) is 4.52. The number of hydrogen-bond donors (Lipinski definition) is 1. The smallest absolute Gasteiger partial charge is 0.215 e. The van der Waals surface area contributed by atoms with Gasteiger partial charge in [-0.1, -0.05) is 45.2 Å². The lowest BCUT2D eigenvalue weighted by molar-refractivity contribution is -0.526. The summed E-state index contributed by atoms with van der Waals surface area (Å²) < 4.78 is 0.0438. The minimum absolute atomic E-state index is 0.0219. The van der Waals surface area contributed by atoms with Gasteiger partial charge in [-0.25, -0.2) is 0 Å². The fraction of sp³-hybridized carbons (Fsp3) is 1.00. The van der Waals surface area contributed by atoms with Crippen molar-refractivity contribution in [2.24, 2.45) is 0 Å². The van der Waals surface area contributed by atoms with Crippen LogP contribution in [-0.2, 0) is 0 Å². The Morgan fingerprint density at radius 3 is 2.08 bits per heavy atom. The molecular weight excluding hydrogens is 388 g/mol. The van der Waals surface area contributed by atoms with Crippen LogP contribution in [0.3, 0.4) is 0 Å². The second-order valence-electron chi connectivity index (χ2n) is 2.93. The largest absolute Gasteiger partial charge is 0.391 e. The third-order valence-electron chi connectivity index (χ3n) is 2.03. The van der Waals surface area contributed by atoms with Crippen LogP contribution in [0.25, 0.3) is 0 Å². The van der Waals surface area contributed by atoms with Gasteiger partial charge in [0.15, 0.2) is 0 Å². The second kappa shape index (κ2) is 4.36. The highest BCUT2D eigenvalue weighted by molar-refractivity contribution is 14.1. The van der Waals surface area contributed by atoms with Gasteiger partial charge >= 0.3 is 0 Å². The van der Waals surface area contributed by atoms with Crippen molar-refractivity contribution in [3.05, 3.63) is 10.1 Å². The Bertz CT molecular complexity index is 178. The maximum Gasteiger partial charge on any atom is 0.215 e. The molecule has 4 nitrogen and oxygen atoms in total. The minimum Gasteiger partial charge on any atom is -0.391 e. The maximum absolute atomic E-state index is 10.5. The van der Waals surface area contributed by atoms with Crippen molar-refractivity contribution in [1.82, 2.24) is 0 Å². The first-order chi connectivity index (χ1) is 5.52. The normalized spacial score (nSPS) is 42.6. The van der Waals surface area contributed by atoms with Crippen LogP contribution in [0, 0.1) is 10.1 Å². The van der Waals surface area contributed by atoms with E-state index in [-0.39, 0.29) is 18.9 Å². The van der Waals surface area contributed by atoms with Crippen molar-refractivity contribution in [3.63, 3.8) is 0 Å². The number of rotatable bonds is 1. The van der Waals surface area contributed by atoms with Crippen LogP contribution in [0.2, 0.25) is 0 Å². The molecule has 0 heterocycles. The summed E-state index contributed by atoms with van der Waals surface area (Å²) in [5, 5.41) is 20.0. The van der Waals surface area contributed by atoms with Crippen molar-refractivity contribution in [2.45, 2.75) is 32.8 Å². The molecular formula is C6H9I2NO3. The predicted octanol–water partition coefficient (Wildman–Crippen LogP) is 1.39. The molecule has 0 saturated heterocycles. The van der Waals surface area contributed by atoms with Crippen molar-refractivity contribution in [1.29, 1.82) is 0 Å². The van der Waals surface area contributed by atoms with E-state index in [1.807, 2.05) is 0 Å². The fourth-order valence-corrected chi connectivity index (χ4v) is 4.26. The molecule has 0 spiro atoms. The van der Waals surface area contributed by atoms with Crippen molar-refractivity contribution in [2.75, 3.05) is 0 Å². The Balaban J connectivity index is 2.59. The number of hydrogen-bond acceptors (Lipinski definition) is 3. The van der Waals surface area contributed by atoms with Crippen LogP contribution >= 0.6 is 45.2 Å². The number of alkyl halides is 2. The molecule has 0 aromatic heterocycles. The Kier molecular flexibility index (Phi) is 3.96. The average Bonchev–Trinajstić information content (AvgIpc) is 1.99. The summed E-state index contributed by atoms with van der Waals surface area (Å²) in [6, 6.07) is -0.461. The van der Waals surface area contributed by atoms with E-state index in [0.717, 1.165) is 0 Å². The van der Waals surface area contributed by atoms with Crippen molar-refractivity contribution >= 4 is 45.2 Å². The van der Waals surface area contributed by atoms with E-state index in [0.29, 0.717) is 12.8 Å². The molecule has 0 amide bonds. The van der Waals surface area contributed by atoms with Gasteiger partial charge in [0.2, 0.25) is 6.04 Å². The molecule has 1 saturated carbocycles. The maximum atomic E-state index is 10.5. The van der Waals surface area contributed by atoms with E-state index in [9.17, 15) is 15.2 Å². The molecule has 0 radical (unpaired) electrons. The van der Waals surface area contributed by atoms with Crippen LogP contribution in [-0.4, -0.2) is 30.0 Å². The lowest BCUT2D eigenvalue weighted by atomic mass is 9.93. The molecule has 1 aliphatic rings. The summed E-state index contributed by atoms with van der Waals surface area (Å²) in [5.74, 6) is 0. The van der Waals surface area contributed by atoms with Gasteiger partial charge in [-0.2, -0.15) is 0 Å². The molecule has 1 aliphatic carbocycles. The molecule has 1 rings (SSSR count). The lowest BCUT2D eigenvalue weighted by Crippen LogP contribution is -2.43. The van der Waals surface area contributed by atoms with Gasteiger partial charge in [-0.3, -0.25) is 10.1 Å². The highest BCUT2D eigenvalue weighted by Gasteiger charge is 2.39. The Morgan fingerprint density at radius 2 is 1.75 bits per heavy atom. The number of halogens is 2. The number of nitro groups is 1. The van der Waals surface area contributed by atoms with E-state index >= 15 is 0 Å². The number of aliphatic hydroxyl groups excluding tert-OH is 1. The molecule has 0 bridgehead atoms. The summed E-state index contributed by atoms with van der Waals surface area (Å²) in [6.45, 7) is 0. The summed E-state index contributed by atoms with van der Waals surface area (Å²) in [4.78, 5) is 10.2. The molecule has 0 aromatic rings. The first-order valence-corrected chi connectivity index (χ1v) is 6.11. The summed E-state index contributed by atoms with van der Waals surface area (Å²) in [6.07, 6.45) is 0.602. The van der Waals surface area contributed by atoms with E-state index in [2.05, 4.69) is 45.2 Å². The van der Waals surface area contributed by atoms with Crippen molar-refractivity contribution < 1.29 is 10.0 Å². The summed E-state index contributed by atoms with van der Waals surface area (Å²) in [5.41, 5.74) is 0.